The Bertz CT molecular complexity index is 430. The van der Waals surface area contributed by atoms with E-state index in [1.54, 1.807) is 6.08 Å². The third-order valence-corrected chi connectivity index (χ3v) is 4.12. The van der Waals surface area contributed by atoms with Crippen LogP contribution < -0.4 is 0 Å². The van der Waals surface area contributed by atoms with Gasteiger partial charge in [-0.25, -0.2) is 0 Å². The average Bonchev–Trinajstić information content (AvgIpc) is 2.52. The number of ketones is 1. The van der Waals surface area contributed by atoms with Gasteiger partial charge in [-0.15, -0.1) is 0 Å². The Kier molecular flexibility index (Phi) is 3.17. The van der Waals surface area contributed by atoms with Crippen molar-refractivity contribution in [3.05, 3.63) is 23.8 Å². The van der Waals surface area contributed by atoms with Gasteiger partial charge in [-0.2, -0.15) is 5.26 Å². The van der Waals surface area contributed by atoms with Gasteiger partial charge in [0, 0.05) is 11.8 Å². The number of nitriles is 1. The number of nitrogens with zero attached hydrogens (tertiary/aromatic N) is 1. The second kappa shape index (κ2) is 4.46. The van der Waals surface area contributed by atoms with E-state index >= 15 is 0 Å². The second-order valence-electron chi connectivity index (χ2n) is 5.22. The van der Waals surface area contributed by atoms with Crippen LogP contribution in [0.2, 0.25) is 0 Å². The maximum atomic E-state index is 12.0. The van der Waals surface area contributed by atoms with Gasteiger partial charge >= 0.3 is 0 Å². The van der Waals surface area contributed by atoms with E-state index in [1.807, 2.05) is 19.1 Å². The van der Waals surface area contributed by atoms with Gasteiger partial charge in [-0.3, -0.25) is 4.79 Å². The zero-order valence-electron chi connectivity index (χ0n) is 10.0. The number of carbonyl (C=O) groups excluding carboxylic acids is 1. The first-order valence-electron chi connectivity index (χ1n) is 6.00. The van der Waals surface area contributed by atoms with Gasteiger partial charge in [0.25, 0.3) is 0 Å². The molecule has 2 unspecified atom stereocenters. The molecule has 0 aromatic rings. The normalized spacial score (nSPS) is 36.1. The second-order valence-corrected chi connectivity index (χ2v) is 5.22. The van der Waals surface area contributed by atoms with E-state index in [0.717, 1.165) is 12.0 Å². The monoisotopic (exact) mass is 231 g/mol. The zero-order chi connectivity index (χ0) is 12.5. The summed E-state index contributed by atoms with van der Waals surface area (Å²) in [6.07, 6.45) is 7.47. The number of hydrogen-bond acceptors (Lipinski definition) is 3. The molecule has 3 atom stereocenters. The predicted molar refractivity (Wildman–Crippen MR) is 63.9 cm³/mol. The molecule has 3 nitrogen and oxygen atoms in total. The first-order valence-corrected chi connectivity index (χ1v) is 6.00. The number of fused-ring (bicyclic) bond motifs is 1. The van der Waals surface area contributed by atoms with Gasteiger partial charge < -0.3 is 5.11 Å². The summed E-state index contributed by atoms with van der Waals surface area (Å²) in [5.74, 6) is 0.457. The molecule has 3 heteroatoms. The number of carbonyl (C=O) groups is 1. The molecule has 2 aliphatic rings. The van der Waals surface area contributed by atoms with E-state index in [-0.39, 0.29) is 24.2 Å². The Morgan fingerprint density at radius 3 is 3.06 bits per heavy atom. The fourth-order valence-electron chi connectivity index (χ4n) is 3.10. The van der Waals surface area contributed by atoms with Crippen LogP contribution in [0.4, 0.5) is 0 Å². The molecular formula is C14H17NO2. The lowest BCUT2D eigenvalue weighted by atomic mass is 9.69. The molecule has 0 radical (unpaired) electrons. The van der Waals surface area contributed by atoms with E-state index in [0.29, 0.717) is 12.8 Å². The standard InChI is InChI=1S/C14H17NO2/c1-14-8-10(9-16)2-3-11(6-7-15)12(14)4-5-13(14)17/h2,4-5,11-12,16H,3,6,8-9H2,1H3/t11?,12?,14-/m0/s1. The van der Waals surface area contributed by atoms with Crippen molar-refractivity contribution in [1.29, 1.82) is 5.26 Å². The van der Waals surface area contributed by atoms with Crippen molar-refractivity contribution in [3.63, 3.8) is 0 Å². The lowest BCUT2D eigenvalue weighted by molar-refractivity contribution is -0.124. The number of aliphatic hydroxyl groups excluding tert-OH is 1. The largest absolute Gasteiger partial charge is 0.392 e. The Labute approximate surface area is 101 Å². The average molecular weight is 231 g/mol. The molecule has 2 rings (SSSR count). The topological polar surface area (TPSA) is 61.1 Å². The smallest absolute Gasteiger partial charge is 0.162 e. The molecule has 0 amide bonds. The summed E-state index contributed by atoms with van der Waals surface area (Å²) in [4.78, 5) is 12.0. The van der Waals surface area contributed by atoms with Crippen LogP contribution in [0, 0.1) is 28.6 Å². The van der Waals surface area contributed by atoms with Crippen LogP contribution in [-0.2, 0) is 4.79 Å². The number of aliphatic hydroxyl groups is 1. The zero-order valence-corrected chi connectivity index (χ0v) is 10.0. The lowest BCUT2D eigenvalue weighted by Gasteiger charge is -2.32. The van der Waals surface area contributed by atoms with E-state index in [9.17, 15) is 9.90 Å². The molecule has 0 saturated carbocycles. The van der Waals surface area contributed by atoms with Crippen LogP contribution in [0.15, 0.2) is 23.8 Å². The minimum Gasteiger partial charge on any atom is -0.392 e. The van der Waals surface area contributed by atoms with E-state index in [2.05, 4.69) is 6.07 Å². The molecule has 0 spiro atoms. The molecule has 0 bridgehead atoms. The van der Waals surface area contributed by atoms with Crippen molar-refractivity contribution in [2.45, 2.75) is 26.2 Å². The van der Waals surface area contributed by atoms with Gasteiger partial charge in [0.2, 0.25) is 0 Å². The summed E-state index contributed by atoms with van der Waals surface area (Å²) >= 11 is 0. The van der Waals surface area contributed by atoms with E-state index < -0.39 is 5.41 Å². The third kappa shape index (κ3) is 1.94. The highest BCUT2D eigenvalue weighted by molar-refractivity contribution is 5.97. The molecule has 0 fully saturated rings. The quantitative estimate of drug-likeness (QED) is 0.739. The van der Waals surface area contributed by atoms with Crippen molar-refractivity contribution in [2.75, 3.05) is 6.61 Å². The molecule has 0 heterocycles. The molecule has 17 heavy (non-hydrogen) atoms. The molecule has 2 aliphatic carbocycles. The van der Waals surface area contributed by atoms with Crippen LogP contribution in [0.1, 0.15) is 26.2 Å². The molecule has 0 aromatic carbocycles. The fraction of sp³-hybridized carbons (Fsp3) is 0.571. The van der Waals surface area contributed by atoms with Gasteiger partial charge in [-0.1, -0.05) is 19.1 Å². The maximum Gasteiger partial charge on any atom is 0.162 e. The maximum absolute atomic E-state index is 12.0. The third-order valence-electron chi connectivity index (χ3n) is 4.12. The Morgan fingerprint density at radius 1 is 1.65 bits per heavy atom. The number of allylic oxidation sites excluding steroid dienone is 3. The van der Waals surface area contributed by atoms with E-state index in [4.69, 9.17) is 5.26 Å². The van der Waals surface area contributed by atoms with Gasteiger partial charge in [-0.05, 0) is 36.3 Å². The Hall–Kier alpha value is -1.40. The van der Waals surface area contributed by atoms with Crippen LogP contribution in [0.25, 0.3) is 0 Å². The minimum absolute atomic E-state index is 0.00879. The lowest BCUT2D eigenvalue weighted by Crippen LogP contribution is -2.33. The fourth-order valence-corrected chi connectivity index (χ4v) is 3.10. The number of rotatable bonds is 2. The van der Waals surface area contributed by atoms with Gasteiger partial charge in [0.15, 0.2) is 5.78 Å². The van der Waals surface area contributed by atoms with Crippen LogP contribution in [0.5, 0.6) is 0 Å². The first kappa shape index (κ1) is 12.1. The van der Waals surface area contributed by atoms with Crippen molar-refractivity contribution in [2.24, 2.45) is 17.3 Å². The Balaban J connectivity index is 2.35. The SMILES string of the molecule is C[C@]12CC(CO)=CCC(CC#N)C1C=CC2=O. The van der Waals surface area contributed by atoms with Crippen molar-refractivity contribution in [1.82, 2.24) is 0 Å². The van der Waals surface area contributed by atoms with Crippen molar-refractivity contribution >= 4 is 5.78 Å². The van der Waals surface area contributed by atoms with Crippen molar-refractivity contribution in [3.8, 4) is 6.07 Å². The summed E-state index contributed by atoms with van der Waals surface area (Å²) < 4.78 is 0. The molecule has 90 valence electrons. The van der Waals surface area contributed by atoms with Crippen LogP contribution in [0.3, 0.4) is 0 Å². The minimum atomic E-state index is -0.452. The number of hydrogen-bond donors (Lipinski definition) is 1. The molecule has 0 aromatic heterocycles. The summed E-state index contributed by atoms with van der Waals surface area (Å²) in [5.41, 5.74) is 0.474. The Morgan fingerprint density at radius 2 is 2.41 bits per heavy atom. The van der Waals surface area contributed by atoms with Crippen LogP contribution >= 0.6 is 0 Å². The van der Waals surface area contributed by atoms with Gasteiger partial charge in [0.1, 0.15) is 0 Å². The van der Waals surface area contributed by atoms with Crippen molar-refractivity contribution < 1.29 is 9.90 Å². The highest BCUT2D eigenvalue weighted by atomic mass is 16.3. The summed E-state index contributed by atoms with van der Waals surface area (Å²) in [7, 11) is 0. The predicted octanol–water partition coefficient (Wildman–Crippen LogP) is 1.99. The van der Waals surface area contributed by atoms with E-state index in [1.165, 1.54) is 0 Å². The molecule has 1 N–H and O–H groups in total. The highest BCUT2D eigenvalue weighted by Gasteiger charge is 2.47. The van der Waals surface area contributed by atoms with Crippen LogP contribution in [-0.4, -0.2) is 17.5 Å². The summed E-state index contributed by atoms with van der Waals surface area (Å²) in [6.45, 7) is 1.97. The molecule has 0 aliphatic heterocycles. The van der Waals surface area contributed by atoms with Gasteiger partial charge in [0.05, 0.1) is 12.7 Å². The highest BCUT2D eigenvalue weighted by Crippen LogP contribution is 2.48. The first-order chi connectivity index (χ1) is 8.11. The molecule has 0 saturated heterocycles. The summed E-state index contributed by atoms with van der Waals surface area (Å²) in [6, 6.07) is 2.21. The summed E-state index contributed by atoms with van der Waals surface area (Å²) in [5, 5.41) is 18.2. The molecular weight excluding hydrogens is 214 g/mol.